The summed E-state index contributed by atoms with van der Waals surface area (Å²) in [6.07, 6.45) is 2.10. The molecule has 2 aromatic rings. The summed E-state index contributed by atoms with van der Waals surface area (Å²) in [6, 6.07) is 13.1. The van der Waals surface area contributed by atoms with Crippen LogP contribution in [-0.2, 0) is 11.2 Å². The van der Waals surface area contributed by atoms with Crippen LogP contribution in [-0.4, -0.2) is 59.9 Å². The van der Waals surface area contributed by atoms with Gasteiger partial charge in [0.05, 0.1) is 26.9 Å². The van der Waals surface area contributed by atoms with Gasteiger partial charge in [0.1, 0.15) is 5.60 Å². The molecule has 1 N–H and O–H groups in total. The van der Waals surface area contributed by atoms with Gasteiger partial charge in [0.2, 0.25) is 5.88 Å². The molecule has 0 spiro atoms. The van der Waals surface area contributed by atoms with Crippen LogP contribution in [0, 0.1) is 0 Å². The maximum Gasteiger partial charge on any atom is 0.254 e. The first-order chi connectivity index (χ1) is 12.2. The SMILES string of the molecule is COc1cc(C(=O)N2CCO[C@](CO)(Cc3ccccc3)C2)ccn1. The van der Waals surface area contributed by atoms with Crippen LogP contribution in [0.4, 0.5) is 0 Å². The van der Waals surface area contributed by atoms with E-state index in [0.717, 1.165) is 5.56 Å². The summed E-state index contributed by atoms with van der Waals surface area (Å²) in [4.78, 5) is 18.6. The van der Waals surface area contributed by atoms with Crippen LogP contribution in [0.5, 0.6) is 5.88 Å². The van der Waals surface area contributed by atoms with Crippen molar-refractivity contribution in [2.45, 2.75) is 12.0 Å². The highest BCUT2D eigenvalue weighted by Gasteiger charge is 2.38. The number of nitrogens with zero attached hydrogens (tertiary/aromatic N) is 2. The lowest BCUT2D eigenvalue weighted by Crippen LogP contribution is -2.56. The van der Waals surface area contributed by atoms with Crippen molar-refractivity contribution in [1.82, 2.24) is 9.88 Å². The molecule has 0 unspecified atom stereocenters. The second kappa shape index (κ2) is 7.63. The average molecular weight is 342 g/mol. The molecule has 0 radical (unpaired) electrons. The third kappa shape index (κ3) is 3.97. The molecule has 1 aliphatic rings. The number of carbonyl (C=O) groups excluding carboxylic acids is 1. The second-order valence-corrected chi connectivity index (χ2v) is 6.17. The van der Waals surface area contributed by atoms with Crippen LogP contribution >= 0.6 is 0 Å². The van der Waals surface area contributed by atoms with E-state index in [0.29, 0.717) is 37.6 Å². The van der Waals surface area contributed by atoms with Crippen LogP contribution in [0.25, 0.3) is 0 Å². The summed E-state index contributed by atoms with van der Waals surface area (Å²) in [6.45, 7) is 1.06. The first-order valence-electron chi connectivity index (χ1n) is 8.24. The molecule has 6 nitrogen and oxygen atoms in total. The number of ether oxygens (including phenoxy) is 2. The van der Waals surface area contributed by atoms with E-state index in [1.165, 1.54) is 7.11 Å². The first-order valence-corrected chi connectivity index (χ1v) is 8.24. The van der Waals surface area contributed by atoms with Gasteiger partial charge < -0.3 is 19.5 Å². The van der Waals surface area contributed by atoms with Gasteiger partial charge in [-0.05, 0) is 11.6 Å². The molecule has 1 aromatic carbocycles. The van der Waals surface area contributed by atoms with Crippen molar-refractivity contribution in [3.8, 4) is 5.88 Å². The highest BCUT2D eigenvalue weighted by molar-refractivity contribution is 5.94. The number of hydrogen-bond acceptors (Lipinski definition) is 5. The Labute approximate surface area is 147 Å². The van der Waals surface area contributed by atoms with Gasteiger partial charge in [0.25, 0.3) is 5.91 Å². The third-order valence-electron chi connectivity index (χ3n) is 4.38. The van der Waals surface area contributed by atoms with Crippen LogP contribution < -0.4 is 4.74 Å². The van der Waals surface area contributed by atoms with Crippen LogP contribution in [0.15, 0.2) is 48.7 Å². The zero-order chi connectivity index (χ0) is 17.7. The van der Waals surface area contributed by atoms with E-state index >= 15 is 0 Å². The van der Waals surface area contributed by atoms with Crippen LogP contribution in [0.1, 0.15) is 15.9 Å². The number of aliphatic hydroxyl groups excluding tert-OH is 1. The van der Waals surface area contributed by atoms with E-state index in [-0.39, 0.29) is 12.5 Å². The maximum absolute atomic E-state index is 12.8. The largest absolute Gasteiger partial charge is 0.481 e. The molecule has 132 valence electrons. The van der Waals surface area contributed by atoms with Gasteiger partial charge in [-0.1, -0.05) is 30.3 Å². The Morgan fingerprint density at radius 2 is 2.16 bits per heavy atom. The number of aliphatic hydroxyl groups is 1. The van der Waals surface area contributed by atoms with Gasteiger partial charge in [-0.15, -0.1) is 0 Å². The quantitative estimate of drug-likeness (QED) is 0.892. The molecule has 1 aromatic heterocycles. The molecule has 1 aliphatic heterocycles. The molecule has 25 heavy (non-hydrogen) atoms. The minimum atomic E-state index is -0.785. The predicted octanol–water partition coefficient (Wildman–Crippen LogP) is 1.54. The van der Waals surface area contributed by atoms with Crippen molar-refractivity contribution in [2.75, 3.05) is 33.4 Å². The van der Waals surface area contributed by atoms with Gasteiger partial charge in [0.15, 0.2) is 0 Å². The Morgan fingerprint density at radius 3 is 2.88 bits per heavy atom. The number of rotatable bonds is 5. The summed E-state index contributed by atoms with van der Waals surface area (Å²) in [5.74, 6) is 0.284. The number of benzene rings is 1. The fourth-order valence-electron chi connectivity index (χ4n) is 3.08. The monoisotopic (exact) mass is 342 g/mol. The summed E-state index contributed by atoms with van der Waals surface area (Å²) >= 11 is 0. The molecular weight excluding hydrogens is 320 g/mol. The Kier molecular flexibility index (Phi) is 5.31. The standard InChI is InChI=1S/C19H22N2O4/c1-24-17-11-16(7-8-20-17)18(23)21-9-10-25-19(13-21,14-22)12-15-5-3-2-4-6-15/h2-8,11,22H,9-10,12-14H2,1H3/t19-/m1/s1. The zero-order valence-electron chi connectivity index (χ0n) is 14.2. The smallest absolute Gasteiger partial charge is 0.254 e. The van der Waals surface area contributed by atoms with Gasteiger partial charge in [-0.2, -0.15) is 0 Å². The van der Waals surface area contributed by atoms with E-state index in [4.69, 9.17) is 9.47 Å². The molecular formula is C19H22N2O4. The number of amides is 1. The summed E-state index contributed by atoms with van der Waals surface area (Å²) < 4.78 is 11.0. The van der Waals surface area contributed by atoms with Crippen molar-refractivity contribution < 1.29 is 19.4 Å². The molecule has 1 fully saturated rings. The molecule has 1 saturated heterocycles. The molecule has 1 atom stereocenters. The molecule has 0 saturated carbocycles. The van der Waals surface area contributed by atoms with Crippen molar-refractivity contribution >= 4 is 5.91 Å². The lowest BCUT2D eigenvalue weighted by atomic mass is 9.93. The Bertz CT molecular complexity index is 722. The number of morpholine rings is 1. The maximum atomic E-state index is 12.8. The van der Waals surface area contributed by atoms with Gasteiger partial charge in [0, 0.05) is 30.8 Å². The topological polar surface area (TPSA) is 71.9 Å². The molecule has 6 heteroatoms. The van der Waals surface area contributed by atoms with Gasteiger partial charge in [-0.3, -0.25) is 4.79 Å². The third-order valence-corrected chi connectivity index (χ3v) is 4.38. The summed E-state index contributed by atoms with van der Waals surface area (Å²) in [7, 11) is 1.52. The molecule has 0 bridgehead atoms. The summed E-state index contributed by atoms with van der Waals surface area (Å²) in [5, 5.41) is 9.96. The number of carbonyl (C=O) groups is 1. The second-order valence-electron chi connectivity index (χ2n) is 6.17. The van der Waals surface area contributed by atoms with Crippen molar-refractivity contribution in [1.29, 1.82) is 0 Å². The van der Waals surface area contributed by atoms with Crippen molar-refractivity contribution in [3.63, 3.8) is 0 Å². The molecule has 1 amide bonds. The number of pyridine rings is 1. The fourth-order valence-corrected chi connectivity index (χ4v) is 3.08. The van der Waals surface area contributed by atoms with Crippen molar-refractivity contribution in [2.24, 2.45) is 0 Å². The lowest BCUT2D eigenvalue weighted by Gasteiger charge is -2.42. The van der Waals surface area contributed by atoms with E-state index in [9.17, 15) is 9.90 Å². The number of aromatic nitrogens is 1. The van der Waals surface area contributed by atoms with E-state index in [1.807, 2.05) is 30.3 Å². The predicted molar refractivity (Wildman–Crippen MR) is 92.6 cm³/mol. The minimum Gasteiger partial charge on any atom is -0.481 e. The Balaban J connectivity index is 1.77. The fraction of sp³-hybridized carbons (Fsp3) is 0.368. The number of methoxy groups -OCH3 is 1. The Morgan fingerprint density at radius 1 is 1.36 bits per heavy atom. The molecule has 2 heterocycles. The van der Waals surface area contributed by atoms with E-state index in [1.54, 1.807) is 23.2 Å². The van der Waals surface area contributed by atoms with E-state index < -0.39 is 5.60 Å². The molecule has 3 rings (SSSR count). The molecule has 0 aliphatic carbocycles. The first kappa shape index (κ1) is 17.4. The van der Waals surface area contributed by atoms with Crippen LogP contribution in [0.3, 0.4) is 0 Å². The van der Waals surface area contributed by atoms with Crippen LogP contribution in [0.2, 0.25) is 0 Å². The van der Waals surface area contributed by atoms with Gasteiger partial charge >= 0.3 is 0 Å². The normalized spacial score (nSPS) is 20.3. The highest BCUT2D eigenvalue weighted by Crippen LogP contribution is 2.24. The lowest BCUT2D eigenvalue weighted by molar-refractivity contribution is -0.123. The van der Waals surface area contributed by atoms with E-state index in [2.05, 4.69) is 4.98 Å². The minimum absolute atomic E-state index is 0.116. The number of hydrogen-bond donors (Lipinski definition) is 1. The average Bonchev–Trinajstić information content (AvgIpc) is 2.68. The highest BCUT2D eigenvalue weighted by atomic mass is 16.5. The van der Waals surface area contributed by atoms with Gasteiger partial charge in [-0.25, -0.2) is 4.98 Å². The zero-order valence-corrected chi connectivity index (χ0v) is 14.2. The van der Waals surface area contributed by atoms with Crippen molar-refractivity contribution in [3.05, 3.63) is 59.8 Å². The Hall–Kier alpha value is -2.44. The summed E-state index contributed by atoms with van der Waals surface area (Å²) in [5.41, 5.74) is 0.795.